The lowest BCUT2D eigenvalue weighted by Gasteiger charge is -2.10. The number of carbonyl (C=O) groups excluding carboxylic acids is 2. The number of esters is 1. The van der Waals surface area contributed by atoms with Crippen LogP contribution in [0.1, 0.15) is 10.4 Å². The summed E-state index contributed by atoms with van der Waals surface area (Å²) in [6.07, 6.45) is 3.80. The van der Waals surface area contributed by atoms with Gasteiger partial charge in [0.1, 0.15) is 0 Å². The van der Waals surface area contributed by atoms with Gasteiger partial charge in [-0.1, -0.05) is 29.3 Å². The van der Waals surface area contributed by atoms with E-state index in [1.807, 2.05) is 29.1 Å². The summed E-state index contributed by atoms with van der Waals surface area (Å²) in [6.45, 7) is -0.445. The highest BCUT2D eigenvalue weighted by Gasteiger charge is 2.13. The van der Waals surface area contributed by atoms with Crippen LogP contribution < -0.4 is 5.32 Å². The van der Waals surface area contributed by atoms with Gasteiger partial charge in [0.2, 0.25) is 0 Å². The topological polar surface area (TPSA) is 60.3 Å². The smallest absolute Gasteiger partial charge is 0.338 e. The summed E-state index contributed by atoms with van der Waals surface area (Å²) >= 11 is 12.0. The molecule has 3 rings (SSSR count). The van der Waals surface area contributed by atoms with Crippen LogP contribution in [0.15, 0.2) is 67.0 Å². The highest BCUT2D eigenvalue weighted by Crippen LogP contribution is 2.29. The third-order valence-corrected chi connectivity index (χ3v) is 4.20. The summed E-state index contributed by atoms with van der Waals surface area (Å²) in [5, 5.41) is 3.14. The summed E-state index contributed by atoms with van der Waals surface area (Å²) in [6, 6.07) is 15.5. The van der Waals surface area contributed by atoms with Crippen LogP contribution in [-0.4, -0.2) is 23.1 Å². The molecule has 132 valence electrons. The molecule has 5 nitrogen and oxygen atoms in total. The van der Waals surface area contributed by atoms with Crippen molar-refractivity contribution in [1.29, 1.82) is 0 Å². The molecule has 7 heteroatoms. The van der Waals surface area contributed by atoms with Gasteiger partial charge in [-0.3, -0.25) is 4.79 Å². The number of hydrogen-bond acceptors (Lipinski definition) is 3. The molecule has 1 N–H and O–H groups in total. The van der Waals surface area contributed by atoms with Gasteiger partial charge in [-0.05, 0) is 48.5 Å². The molecule has 0 unspecified atom stereocenters. The number of para-hydroxylation sites is 1. The van der Waals surface area contributed by atoms with Crippen LogP contribution in [0.25, 0.3) is 5.69 Å². The van der Waals surface area contributed by atoms with Crippen molar-refractivity contribution in [3.63, 3.8) is 0 Å². The molecule has 1 amide bonds. The largest absolute Gasteiger partial charge is 0.452 e. The normalized spacial score (nSPS) is 10.4. The van der Waals surface area contributed by atoms with Crippen LogP contribution in [0.2, 0.25) is 10.0 Å². The summed E-state index contributed by atoms with van der Waals surface area (Å²) < 4.78 is 6.94. The number of benzene rings is 2. The fourth-order valence-electron chi connectivity index (χ4n) is 2.28. The van der Waals surface area contributed by atoms with Gasteiger partial charge in [-0.25, -0.2) is 4.79 Å². The molecule has 0 aliphatic carbocycles. The average molecular weight is 389 g/mol. The van der Waals surface area contributed by atoms with Crippen molar-refractivity contribution in [2.45, 2.75) is 0 Å². The van der Waals surface area contributed by atoms with Gasteiger partial charge in [-0.15, -0.1) is 0 Å². The predicted octanol–water partition coefficient (Wildman–Crippen LogP) is 4.58. The Bertz CT molecular complexity index is 902. The third-order valence-electron chi connectivity index (χ3n) is 3.57. The van der Waals surface area contributed by atoms with Crippen molar-refractivity contribution in [2.24, 2.45) is 0 Å². The second kappa shape index (κ2) is 8.08. The van der Waals surface area contributed by atoms with Gasteiger partial charge in [0.05, 0.1) is 21.3 Å². The quantitative estimate of drug-likeness (QED) is 0.650. The number of amides is 1. The number of halogens is 2. The van der Waals surface area contributed by atoms with E-state index in [4.69, 9.17) is 27.9 Å². The molecule has 0 fully saturated rings. The number of hydrogen-bond donors (Lipinski definition) is 1. The maximum Gasteiger partial charge on any atom is 0.338 e. The van der Waals surface area contributed by atoms with E-state index < -0.39 is 18.5 Å². The predicted molar refractivity (Wildman–Crippen MR) is 101 cm³/mol. The van der Waals surface area contributed by atoms with Gasteiger partial charge >= 0.3 is 5.97 Å². The van der Waals surface area contributed by atoms with Gasteiger partial charge in [0.25, 0.3) is 5.91 Å². The molecule has 0 aliphatic heterocycles. The number of rotatable bonds is 5. The molecule has 0 spiro atoms. The van der Waals surface area contributed by atoms with Crippen molar-refractivity contribution < 1.29 is 14.3 Å². The van der Waals surface area contributed by atoms with E-state index >= 15 is 0 Å². The molecule has 1 heterocycles. The third kappa shape index (κ3) is 4.25. The first-order valence-corrected chi connectivity index (χ1v) is 8.44. The highest BCUT2D eigenvalue weighted by molar-refractivity contribution is 6.39. The van der Waals surface area contributed by atoms with Gasteiger partial charge in [0, 0.05) is 18.1 Å². The van der Waals surface area contributed by atoms with Crippen LogP contribution in [-0.2, 0) is 9.53 Å². The van der Waals surface area contributed by atoms with Crippen LogP contribution in [0.4, 0.5) is 5.69 Å². The van der Waals surface area contributed by atoms with Crippen molar-refractivity contribution in [3.8, 4) is 5.69 Å². The summed E-state index contributed by atoms with van der Waals surface area (Å²) in [4.78, 5) is 24.0. The standard InChI is InChI=1S/C19H14Cl2N2O3/c20-15-4-3-5-16(21)18(15)22-17(24)12-26-19(25)13-6-8-14(9-7-13)23-10-1-2-11-23/h1-11H,12H2,(H,22,24). The lowest BCUT2D eigenvalue weighted by molar-refractivity contribution is -0.119. The molecule has 0 bridgehead atoms. The molecule has 0 saturated carbocycles. The Kier molecular flexibility index (Phi) is 5.61. The number of nitrogens with one attached hydrogen (secondary N) is 1. The Morgan fingerprint density at radius 1 is 0.923 bits per heavy atom. The maximum atomic E-state index is 12.1. The molecular formula is C19H14Cl2N2O3. The molecule has 1 aromatic heterocycles. The minimum atomic E-state index is -0.593. The van der Waals surface area contributed by atoms with E-state index in [0.717, 1.165) is 5.69 Å². The first-order valence-electron chi connectivity index (χ1n) is 7.69. The number of carbonyl (C=O) groups is 2. The molecule has 0 saturated heterocycles. The molecule has 0 atom stereocenters. The maximum absolute atomic E-state index is 12.1. The Hall–Kier alpha value is -2.76. The van der Waals surface area contributed by atoms with Gasteiger partial charge in [-0.2, -0.15) is 0 Å². The first kappa shape index (κ1) is 18.0. The molecule has 0 aliphatic rings. The van der Waals surface area contributed by atoms with E-state index in [9.17, 15) is 9.59 Å². The zero-order valence-electron chi connectivity index (χ0n) is 13.5. The molecule has 0 radical (unpaired) electrons. The summed E-state index contributed by atoms with van der Waals surface area (Å²) in [5.41, 5.74) is 1.55. The SMILES string of the molecule is O=C(COC(=O)c1ccc(-n2cccc2)cc1)Nc1c(Cl)cccc1Cl. The monoisotopic (exact) mass is 388 g/mol. The second-order valence-electron chi connectivity index (χ2n) is 5.36. The Morgan fingerprint density at radius 3 is 2.15 bits per heavy atom. The van der Waals surface area contributed by atoms with E-state index in [2.05, 4.69) is 5.32 Å². The fourth-order valence-corrected chi connectivity index (χ4v) is 2.78. The van der Waals surface area contributed by atoms with Crippen LogP contribution >= 0.6 is 23.2 Å². The first-order chi connectivity index (χ1) is 12.5. The average Bonchev–Trinajstić information content (AvgIpc) is 3.18. The highest BCUT2D eigenvalue weighted by atomic mass is 35.5. The van der Waals surface area contributed by atoms with E-state index in [1.54, 1.807) is 42.5 Å². The summed E-state index contributed by atoms with van der Waals surface area (Å²) in [7, 11) is 0. The van der Waals surface area contributed by atoms with E-state index in [1.165, 1.54) is 0 Å². The van der Waals surface area contributed by atoms with Crippen molar-refractivity contribution in [1.82, 2.24) is 4.57 Å². The Morgan fingerprint density at radius 2 is 1.54 bits per heavy atom. The minimum absolute atomic E-state index is 0.285. The van der Waals surface area contributed by atoms with Crippen molar-refractivity contribution >= 4 is 40.8 Å². The van der Waals surface area contributed by atoms with E-state index in [-0.39, 0.29) is 5.69 Å². The molecule has 3 aromatic rings. The van der Waals surface area contributed by atoms with Crippen LogP contribution in [0.5, 0.6) is 0 Å². The lowest BCUT2D eigenvalue weighted by Crippen LogP contribution is -2.21. The summed E-state index contributed by atoms with van der Waals surface area (Å²) in [5.74, 6) is -1.12. The molecule has 2 aromatic carbocycles. The van der Waals surface area contributed by atoms with Crippen LogP contribution in [0.3, 0.4) is 0 Å². The Balaban J connectivity index is 1.57. The van der Waals surface area contributed by atoms with Crippen molar-refractivity contribution in [2.75, 3.05) is 11.9 Å². The zero-order valence-corrected chi connectivity index (χ0v) is 15.0. The second-order valence-corrected chi connectivity index (χ2v) is 6.17. The fraction of sp³-hybridized carbons (Fsp3) is 0.0526. The molecular weight excluding hydrogens is 375 g/mol. The van der Waals surface area contributed by atoms with Gasteiger partial charge in [0.15, 0.2) is 6.61 Å². The van der Waals surface area contributed by atoms with Gasteiger partial charge < -0.3 is 14.6 Å². The number of aromatic nitrogens is 1. The lowest BCUT2D eigenvalue weighted by atomic mass is 10.2. The van der Waals surface area contributed by atoms with E-state index in [0.29, 0.717) is 15.6 Å². The van der Waals surface area contributed by atoms with Crippen molar-refractivity contribution in [3.05, 3.63) is 82.6 Å². The zero-order chi connectivity index (χ0) is 18.5. The number of anilines is 1. The molecule has 26 heavy (non-hydrogen) atoms. The number of nitrogens with zero attached hydrogens (tertiary/aromatic N) is 1. The van der Waals surface area contributed by atoms with Crippen LogP contribution in [0, 0.1) is 0 Å². The number of ether oxygens (including phenoxy) is 1. The Labute approximate surface area is 160 Å². The minimum Gasteiger partial charge on any atom is -0.452 e.